The first kappa shape index (κ1) is 25.7. The average molecular weight is 552 g/mol. The SMILES string of the molecule is O=C1CCC(N2Cc3cc(N4CC5(CCN(Cc6ccc(Oc7cccnc7)cc6)CC5)C4)ccc3C2=O)C(=O)N1. The van der Waals surface area contributed by atoms with E-state index in [1.165, 1.54) is 18.4 Å². The predicted molar refractivity (Wildman–Crippen MR) is 152 cm³/mol. The van der Waals surface area contributed by atoms with Crippen LogP contribution in [-0.4, -0.2) is 64.7 Å². The molecule has 4 aliphatic rings. The van der Waals surface area contributed by atoms with E-state index in [4.69, 9.17) is 4.74 Å². The van der Waals surface area contributed by atoms with Crippen LogP contribution in [0.15, 0.2) is 67.0 Å². The third-order valence-electron chi connectivity index (χ3n) is 9.04. The number of aromatic nitrogens is 1. The van der Waals surface area contributed by atoms with Crippen LogP contribution in [0, 0.1) is 5.41 Å². The molecule has 210 valence electrons. The monoisotopic (exact) mass is 551 g/mol. The molecule has 3 aromatic rings. The number of rotatable bonds is 6. The van der Waals surface area contributed by atoms with Gasteiger partial charge in [-0.15, -0.1) is 0 Å². The van der Waals surface area contributed by atoms with Crippen molar-refractivity contribution in [2.75, 3.05) is 31.1 Å². The molecule has 0 bridgehead atoms. The van der Waals surface area contributed by atoms with E-state index in [0.717, 1.165) is 55.5 Å². The second-order valence-electron chi connectivity index (χ2n) is 11.8. The first-order valence-electron chi connectivity index (χ1n) is 14.4. The maximum atomic E-state index is 13.0. The summed E-state index contributed by atoms with van der Waals surface area (Å²) < 4.78 is 5.86. The molecule has 5 heterocycles. The van der Waals surface area contributed by atoms with Crippen molar-refractivity contribution in [2.24, 2.45) is 5.41 Å². The summed E-state index contributed by atoms with van der Waals surface area (Å²) in [5, 5.41) is 2.37. The lowest BCUT2D eigenvalue weighted by atomic mass is 9.71. The minimum Gasteiger partial charge on any atom is -0.456 e. The van der Waals surface area contributed by atoms with Crippen LogP contribution in [0.1, 0.15) is 47.2 Å². The van der Waals surface area contributed by atoms with Gasteiger partial charge in [-0.3, -0.25) is 29.6 Å². The van der Waals surface area contributed by atoms with E-state index in [2.05, 4.69) is 38.3 Å². The summed E-state index contributed by atoms with van der Waals surface area (Å²) >= 11 is 0. The molecule has 9 heteroatoms. The normalized spacial score (nSPS) is 22.0. The summed E-state index contributed by atoms with van der Waals surface area (Å²) in [6, 6.07) is 17.6. The van der Waals surface area contributed by atoms with Crippen molar-refractivity contribution in [1.82, 2.24) is 20.1 Å². The Kier molecular flexibility index (Phi) is 6.46. The Bertz CT molecular complexity index is 1480. The number of piperidine rings is 2. The molecule has 1 unspecified atom stereocenters. The van der Waals surface area contributed by atoms with Crippen molar-refractivity contribution in [1.29, 1.82) is 0 Å². The summed E-state index contributed by atoms with van der Waals surface area (Å²) in [7, 11) is 0. The lowest BCUT2D eigenvalue weighted by molar-refractivity contribution is -0.136. The quantitative estimate of drug-likeness (QED) is 0.467. The van der Waals surface area contributed by atoms with Crippen LogP contribution in [0.5, 0.6) is 11.5 Å². The summed E-state index contributed by atoms with van der Waals surface area (Å²) in [4.78, 5) is 47.6. The molecule has 0 radical (unpaired) electrons. The Hall–Kier alpha value is -4.24. The number of nitrogens with zero attached hydrogens (tertiary/aromatic N) is 4. The molecular formula is C32H33N5O4. The number of nitrogens with one attached hydrogen (secondary N) is 1. The Morgan fingerprint density at radius 1 is 0.976 bits per heavy atom. The lowest BCUT2D eigenvalue weighted by Crippen LogP contribution is -2.60. The first-order chi connectivity index (χ1) is 19.9. The minimum absolute atomic E-state index is 0.121. The number of hydrogen-bond acceptors (Lipinski definition) is 7. The fourth-order valence-corrected chi connectivity index (χ4v) is 6.67. The van der Waals surface area contributed by atoms with E-state index in [1.54, 1.807) is 17.3 Å². The van der Waals surface area contributed by atoms with Crippen LogP contribution >= 0.6 is 0 Å². The van der Waals surface area contributed by atoms with Gasteiger partial charge in [-0.05, 0) is 85.9 Å². The van der Waals surface area contributed by atoms with Crippen LogP contribution in [0.3, 0.4) is 0 Å². The third-order valence-corrected chi connectivity index (χ3v) is 9.04. The highest BCUT2D eigenvalue weighted by molar-refractivity contribution is 6.05. The number of benzene rings is 2. The van der Waals surface area contributed by atoms with Crippen LogP contribution in [-0.2, 0) is 22.7 Å². The molecule has 3 fully saturated rings. The Labute approximate surface area is 239 Å². The van der Waals surface area contributed by atoms with Gasteiger partial charge in [0.05, 0.1) is 6.20 Å². The van der Waals surface area contributed by atoms with E-state index in [0.29, 0.717) is 23.9 Å². The number of pyridine rings is 1. The fraction of sp³-hybridized carbons (Fsp3) is 0.375. The van der Waals surface area contributed by atoms with Gasteiger partial charge < -0.3 is 14.5 Å². The van der Waals surface area contributed by atoms with E-state index in [9.17, 15) is 14.4 Å². The molecular weight excluding hydrogens is 518 g/mol. The molecule has 7 rings (SSSR count). The van der Waals surface area contributed by atoms with Gasteiger partial charge in [0.25, 0.3) is 5.91 Å². The van der Waals surface area contributed by atoms with E-state index < -0.39 is 6.04 Å². The topological polar surface area (TPSA) is 95.1 Å². The van der Waals surface area contributed by atoms with Crippen LogP contribution < -0.4 is 15.0 Å². The Morgan fingerprint density at radius 2 is 1.78 bits per heavy atom. The third kappa shape index (κ3) is 5.06. The van der Waals surface area contributed by atoms with E-state index in [1.807, 2.05) is 36.4 Å². The molecule has 41 heavy (non-hydrogen) atoms. The zero-order valence-electron chi connectivity index (χ0n) is 22.9. The molecule has 9 nitrogen and oxygen atoms in total. The highest BCUT2D eigenvalue weighted by Crippen LogP contribution is 2.43. The van der Waals surface area contributed by atoms with E-state index in [-0.39, 0.29) is 24.1 Å². The number of imide groups is 1. The van der Waals surface area contributed by atoms with E-state index >= 15 is 0 Å². The van der Waals surface area contributed by atoms with Gasteiger partial charge in [0.15, 0.2) is 0 Å². The van der Waals surface area contributed by atoms with Crippen molar-refractivity contribution in [3.63, 3.8) is 0 Å². The van der Waals surface area contributed by atoms with Crippen LogP contribution in [0.2, 0.25) is 0 Å². The Morgan fingerprint density at radius 3 is 2.51 bits per heavy atom. The summed E-state index contributed by atoms with van der Waals surface area (Å²) in [5.41, 5.74) is 4.41. The molecule has 1 aromatic heterocycles. The van der Waals surface area contributed by atoms with Crippen molar-refractivity contribution >= 4 is 23.4 Å². The Balaban J connectivity index is 0.911. The number of ether oxygens (including phenoxy) is 1. The van der Waals surface area contributed by atoms with Crippen LogP contribution in [0.25, 0.3) is 0 Å². The number of carbonyl (C=O) groups excluding carboxylic acids is 3. The molecule has 1 atom stereocenters. The van der Waals surface area contributed by atoms with Crippen molar-refractivity contribution in [3.05, 3.63) is 83.7 Å². The number of fused-ring (bicyclic) bond motifs is 1. The highest BCUT2D eigenvalue weighted by atomic mass is 16.5. The van der Waals surface area contributed by atoms with Crippen molar-refractivity contribution in [3.8, 4) is 11.5 Å². The highest BCUT2D eigenvalue weighted by Gasteiger charge is 2.45. The molecule has 0 aliphatic carbocycles. The van der Waals surface area contributed by atoms with Gasteiger partial charge in [0, 0.05) is 55.5 Å². The maximum absolute atomic E-state index is 13.0. The molecule has 0 saturated carbocycles. The van der Waals surface area contributed by atoms with Crippen molar-refractivity contribution in [2.45, 2.75) is 44.8 Å². The van der Waals surface area contributed by atoms with Gasteiger partial charge in [-0.25, -0.2) is 0 Å². The van der Waals surface area contributed by atoms with Gasteiger partial charge in [0.2, 0.25) is 11.8 Å². The molecule has 1 N–H and O–H groups in total. The van der Waals surface area contributed by atoms with Crippen LogP contribution in [0.4, 0.5) is 5.69 Å². The molecule has 4 aliphatic heterocycles. The smallest absolute Gasteiger partial charge is 0.255 e. The number of anilines is 1. The van der Waals surface area contributed by atoms with Gasteiger partial charge in [-0.1, -0.05) is 12.1 Å². The second-order valence-corrected chi connectivity index (χ2v) is 11.8. The molecule has 2 aromatic carbocycles. The van der Waals surface area contributed by atoms with Gasteiger partial charge >= 0.3 is 0 Å². The molecule has 3 amide bonds. The first-order valence-corrected chi connectivity index (χ1v) is 14.4. The number of carbonyl (C=O) groups is 3. The molecule has 1 spiro atoms. The van der Waals surface area contributed by atoms with Gasteiger partial charge in [-0.2, -0.15) is 0 Å². The number of amides is 3. The summed E-state index contributed by atoms with van der Waals surface area (Å²) in [6.45, 7) is 5.59. The standard InChI is InChI=1S/C32H33N5O4/c38-29-10-9-28(30(39)34-29)37-19-23-16-24(5-8-27(23)31(37)40)36-20-32(21-36)11-14-35(15-12-32)18-22-3-6-25(7-4-22)41-26-2-1-13-33-17-26/h1-8,13,16-17,28H,9-12,14-15,18-21H2,(H,34,38,39). The summed E-state index contributed by atoms with van der Waals surface area (Å²) in [5.74, 6) is 0.790. The summed E-state index contributed by atoms with van der Waals surface area (Å²) in [6.07, 6.45) is 6.45. The van der Waals surface area contributed by atoms with Gasteiger partial charge in [0.1, 0.15) is 17.5 Å². The minimum atomic E-state index is -0.577. The second kappa shape index (κ2) is 10.3. The largest absolute Gasteiger partial charge is 0.456 e. The molecule has 3 saturated heterocycles. The fourth-order valence-electron chi connectivity index (χ4n) is 6.67. The lowest BCUT2D eigenvalue weighted by Gasteiger charge is -2.55. The predicted octanol–water partition coefficient (Wildman–Crippen LogP) is 3.74. The average Bonchev–Trinajstić information content (AvgIpc) is 3.29. The van der Waals surface area contributed by atoms with Crippen molar-refractivity contribution < 1.29 is 19.1 Å². The number of likely N-dealkylation sites (tertiary alicyclic amines) is 1. The number of hydrogen-bond donors (Lipinski definition) is 1. The maximum Gasteiger partial charge on any atom is 0.255 e. The zero-order valence-corrected chi connectivity index (χ0v) is 22.9. The zero-order chi connectivity index (χ0) is 28.0.